The SMILES string of the molecule is Cc1ncc(-c2ccncc2C)c(C2CCCCN2C(=O)c2ccc(=O)[nH]n2)n1. The molecule has 1 atom stereocenters. The number of amides is 1. The molecule has 1 fully saturated rings. The minimum atomic E-state index is -0.335. The molecule has 1 aliphatic heterocycles. The third kappa shape index (κ3) is 3.78. The maximum atomic E-state index is 13.2. The molecule has 0 aliphatic carbocycles. The zero-order chi connectivity index (χ0) is 20.4. The predicted octanol–water partition coefficient (Wildman–Crippen LogP) is 2.61. The van der Waals surface area contributed by atoms with Gasteiger partial charge < -0.3 is 4.90 Å². The molecule has 29 heavy (non-hydrogen) atoms. The number of nitrogens with one attached hydrogen (secondary N) is 1. The van der Waals surface area contributed by atoms with Crippen molar-refractivity contribution < 1.29 is 4.79 Å². The van der Waals surface area contributed by atoms with Crippen molar-refractivity contribution in [2.45, 2.75) is 39.2 Å². The van der Waals surface area contributed by atoms with Gasteiger partial charge in [-0.05, 0) is 56.4 Å². The third-order valence-electron chi connectivity index (χ3n) is 5.23. The number of aromatic amines is 1. The second kappa shape index (κ2) is 7.90. The van der Waals surface area contributed by atoms with Crippen molar-refractivity contribution in [1.29, 1.82) is 0 Å². The van der Waals surface area contributed by atoms with Gasteiger partial charge in [-0.15, -0.1) is 0 Å². The average molecular weight is 390 g/mol. The second-order valence-electron chi connectivity index (χ2n) is 7.22. The van der Waals surface area contributed by atoms with Gasteiger partial charge in [0.2, 0.25) is 0 Å². The molecule has 148 valence electrons. The van der Waals surface area contributed by atoms with Crippen LogP contribution in [-0.2, 0) is 0 Å². The van der Waals surface area contributed by atoms with Crippen molar-refractivity contribution in [2.24, 2.45) is 0 Å². The highest BCUT2D eigenvalue weighted by molar-refractivity contribution is 5.92. The van der Waals surface area contributed by atoms with E-state index in [9.17, 15) is 9.59 Å². The van der Waals surface area contributed by atoms with Gasteiger partial charge in [-0.1, -0.05) is 0 Å². The zero-order valence-corrected chi connectivity index (χ0v) is 16.4. The van der Waals surface area contributed by atoms with Crippen LogP contribution >= 0.6 is 0 Å². The summed E-state index contributed by atoms with van der Waals surface area (Å²) in [6.45, 7) is 4.47. The first kappa shape index (κ1) is 18.9. The number of carbonyl (C=O) groups excluding carboxylic acids is 1. The van der Waals surface area contributed by atoms with Gasteiger partial charge >= 0.3 is 0 Å². The highest BCUT2D eigenvalue weighted by Gasteiger charge is 2.32. The fourth-order valence-electron chi connectivity index (χ4n) is 3.79. The molecule has 0 spiro atoms. The first-order valence-corrected chi connectivity index (χ1v) is 9.66. The molecule has 4 heterocycles. The number of rotatable bonds is 3. The van der Waals surface area contributed by atoms with E-state index in [4.69, 9.17) is 4.98 Å². The van der Waals surface area contributed by atoms with E-state index in [1.807, 2.05) is 37.2 Å². The van der Waals surface area contributed by atoms with Crippen LogP contribution in [0.15, 0.2) is 41.6 Å². The lowest BCUT2D eigenvalue weighted by Crippen LogP contribution is -2.40. The number of carbonyl (C=O) groups is 1. The van der Waals surface area contributed by atoms with Crippen LogP contribution in [0.4, 0.5) is 0 Å². The van der Waals surface area contributed by atoms with Crippen molar-refractivity contribution in [2.75, 3.05) is 6.54 Å². The molecule has 1 aliphatic rings. The summed E-state index contributed by atoms with van der Waals surface area (Å²) < 4.78 is 0. The van der Waals surface area contributed by atoms with E-state index in [0.29, 0.717) is 12.4 Å². The van der Waals surface area contributed by atoms with Crippen molar-refractivity contribution in [1.82, 2.24) is 30.0 Å². The molecular formula is C21H22N6O2. The third-order valence-corrected chi connectivity index (χ3v) is 5.23. The van der Waals surface area contributed by atoms with Crippen molar-refractivity contribution in [3.05, 3.63) is 69.9 Å². The molecular weight excluding hydrogens is 368 g/mol. The number of nitrogens with zero attached hydrogens (tertiary/aromatic N) is 5. The van der Waals surface area contributed by atoms with E-state index >= 15 is 0 Å². The molecule has 0 bridgehead atoms. The van der Waals surface area contributed by atoms with E-state index in [0.717, 1.165) is 41.6 Å². The molecule has 8 nitrogen and oxygen atoms in total. The van der Waals surface area contributed by atoms with Gasteiger partial charge in [-0.25, -0.2) is 15.1 Å². The summed E-state index contributed by atoms with van der Waals surface area (Å²) in [5.74, 6) is 0.454. The summed E-state index contributed by atoms with van der Waals surface area (Å²) >= 11 is 0. The van der Waals surface area contributed by atoms with Crippen LogP contribution in [-0.4, -0.2) is 42.5 Å². The number of hydrogen-bond donors (Lipinski definition) is 1. The Kier molecular flexibility index (Phi) is 5.16. The molecule has 0 radical (unpaired) electrons. The van der Waals surface area contributed by atoms with Gasteiger partial charge in [0.05, 0.1) is 11.7 Å². The lowest BCUT2D eigenvalue weighted by atomic mass is 9.92. The van der Waals surface area contributed by atoms with E-state index < -0.39 is 0 Å². The van der Waals surface area contributed by atoms with Gasteiger partial charge in [0.25, 0.3) is 11.5 Å². The molecule has 3 aromatic heterocycles. The second-order valence-corrected chi connectivity index (χ2v) is 7.22. The Balaban J connectivity index is 1.78. The summed E-state index contributed by atoms with van der Waals surface area (Å²) in [5, 5.41) is 6.27. The van der Waals surface area contributed by atoms with Gasteiger partial charge in [0.1, 0.15) is 11.5 Å². The minimum Gasteiger partial charge on any atom is -0.329 e. The van der Waals surface area contributed by atoms with Crippen molar-refractivity contribution in [3.8, 4) is 11.1 Å². The van der Waals surface area contributed by atoms with Crippen LogP contribution in [0.1, 0.15) is 52.9 Å². The number of likely N-dealkylation sites (tertiary alicyclic amines) is 1. The number of aryl methyl sites for hydroxylation is 2. The minimum absolute atomic E-state index is 0.186. The molecule has 1 saturated heterocycles. The molecule has 1 unspecified atom stereocenters. The summed E-state index contributed by atoms with van der Waals surface area (Å²) in [5.41, 5.74) is 3.67. The van der Waals surface area contributed by atoms with Crippen LogP contribution in [0.25, 0.3) is 11.1 Å². The van der Waals surface area contributed by atoms with Crippen LogP contribution < -0.4 is 5.56 Å². The highest BCUT2D eigenvalue weighted by atomic mass is 16.2. The molecule has 4 rings (SSSR count). The maximum Gasteiger partial charge on any atom is 0.274 e. The Morgan fingerprint density at radius 2 is 2.00 bits per heavy atom. The Bertz CT molecular complexity index is 1090. The normalized spacial score (nSPS) is 16.6. The van der Waals surface area contributed by atoms with Crippen LogP contribution in [0.2, 0.25) is 0 Å². The lowest BCUT2D eigenvalue weighted by Gasteiger charge is -2.36. The van der Waals surface area contributed by atoms with Crippen LogP contribution in [0.3, 0.4) is 0 Å². The van der Waals surface area contributed by atoms with Gasteiger partial charge in [0, 0.05) is 36.8 Å². The summed E-state index contributed by atoms with van der Waals surface area (Å²) in [6, 6.07) is 4.55. The average Bonchev–Trinajstić information content (AvgIpc) is 2.74. The predicted molar refractivity (Wildman–Crippen MR) is 107 cm³/mol. The first-order valence-electron chi connectivity index (χ1n) is 9.66. The lowest BCUT2D eigenvalue weighted by molar-refractivity contribution is 0.0599. The maximum absolute atomic E-state index is 13.2. The summed E-state index contributed by atoms with van der Waals surface area (Å²) in [4.78, 5) is 39.6. The summed E-state index contributed by atoms with van der Waals surface area (Å²) in [6.07, 6.45) is 8.12. The number of H-pyrrole nitrogens is 1. The van der Waals surface area contributed by atoms with Gasteiger partial charge in [-0.3, -0.25) is 14.6 Å². The largest absolute Gasteiger partial charge is 0.329 e. The number of piperidine rings is 1. The standard InChI is InChI=1S/C21H22N6O2/c1-13-11-22-9-8-15(13)16-12-23-14(2)24-20(16)18-5-3-4-10-27(18)21(29)17-6-7-19(28)26-25-17/h6-9,11-12,18H,3-5,10H2,1-2H3,(H,26,28). The van der Waals surface area contributed by atoms with E-state index in [1.54, 1.807) is 6.20 Å². The van der Waals surface area contributed by atoms with Crippen molar-refractivity contribution >= 4 is 5.91 Å². The molecule has 1 amide bonds. The van der Waals surface area contributed by atoms with Crippen molar-refractivity contribution in [3.63, 3.8) is 0 Å². The molecule has 0 aromatic carbocycles. The Morgan fingerprint density at radius 1 is 1.14 bits per heavy atom. The fraction of sp³-hybridized carbons (Fsp3) is 0.333. The van der Waals surface area contributed by atoms with Gasteiger partial charge in [-0.2, -0.15) is 5.10 Å². The first-order chi connectivity index (χ1) is 14.0. The highest BCUT2D eigenvalue weighted by Crippen LogP contribution is 2.37. The topological polar surface area (TPSA) is 105 Å². The quantitative estimate of drug-likeness (QED) is 0.737. The Hall–Kier alpha value is -3.42. The Morgan fingerprint density at radius 3 is 2.76 bits per heavy atom. The zero-order valence-electron chi connectivity index (χ0n) is 16.4. The van der Waals surface area contributed by atoms with Crippen LogP contribution in [0.5, 0.6) is 0 Å². The smallest absolute Gasteiger partial charge is 0.274 e. The fourth-order valence-corrected chi connectivity index (χ4v) is 3.79. The number of hydrogen-bond acceptors (Lipinski definition) is 6. The molecule has 8 heteroatoms. The van der Waals surface area contributed by atoms with E-state index in [-0.39, 0.29) is 23.2 Å². The monoisotopic (exact) mass is 390 g/mol. The number of aromatic nitrogens is 5. The van der Waals surface area contributed by atoms with E-state index in [1.165, 1.54) is 12.1 Å². The number of pyridine rings is 1. The van der Waals surface area contributed by atoms with Gasteiger partial charge in [0.15, 0.2) is 0 Å². The van der Waals surface area contributed by atoms with E-state index in [2.05, 4.69) is 20.2 Å². The molecule has 0 saturated carbocycles. The Labute approximate surface area is 168 Å². The molecule has 1 N–H and O–H groups in total. The van der Waals surface area contributed by atoms with Crippen LogP contribution in [0, 0.1) is 13.8 Å². The molecule has 3 aromatic rings. The summed E-state index contributed by atoms with van der Waals surface area (Å²) in [7, 11) is 0.